The predicted octanol–water partition coefficient (Wildman–Crippen LogP) is 2.77. The lowest BCUT2D eigenvalue weighted by Crippen LogP contribution is -1.94. The third kappa shape index (κ3) is 3.86. The Morgan fingerprint density at radius 3 is 2.20 bits per heavy atom. The molecular weight excluding hydrogens is 272 g/mol. The van der Waals surface area contributed by atoms with Crippen LogP contribution in [0.5, 0.6) is 0 Å². The molecule has 0 atom stereocenters. The summed E-state index contributed by atoms with van der Waals surface area (Å²) in [5.74, 6) is 0. The molecule has 0 saturated carbocycles. The molecule has 2 rings (SSSR count). The molecule has 4 nitrogen and oxygen atoms in total. The van der Waals surface area contributed by atoms with Gasteiger partial charge in [-0.25, -0.2) is 8.42 Å². The van der Waals surface area contributed by atoms with Gasteiger partial charge in [-0.15, -0.1) is 0 Å². The summed E-state index contributed by atoms with van der Waals surface area (Å²) < 4.78 is 23.5. The Morgan fingerprint density at radius 1 is 1.05 bits per heavy atom. The van der Waals surface area contributed by atoms with E-state index in [1.807, 2.05) is 43.3 Å². The molecule has 104 valence electrons. The number of rotatable bonds is 4. The third-order valence-corrected chi connectivity index (χ3v) is 3.32. The average molecular weight is 288 g/mol. The Kier molecular flexibility index (Phi) is 4.42. The largest absolute Gasteiger partial charge is 0.399 e. The summed E-state index contributed by atoms with van der Waals surface area (Å²) in [4.78, 5) is 0. The molecule has 0 saturated heterocycles. The molecule has 0 bridgehead atoms. The lowest BCUT2D eigenvalue weighted by Gasteiger charge is -2.04. The molecule has 0 aromatic heterocycles. The van der Waals surface area contributed by atoms with Gasteiger partial charge >= 0.3 is 0 Å². The number of thiol groups is 1. The molecule has 0 fully saturated rings. The van der Waals surface area contributed by atoms with E-state index in [0.29, 0.717) is 5.69 Å². The zero-order valence-corrected chi connectivity index (χ0v) is 11.9. The molecule has 0 radical (unpaired) electrons. The highest BCUT2D eigenvalue weighted by molar-refractivity contribution is 7.73. The molecule has 3 N–H and O–H groups in total. The summed E-state index contributed by atoms with van der Waals surface area (Å²) in [6.45, 7) is 2.01. The number of nitrogens with two attached hydrogens (primary N) is 1. The van der Waals surface area contributed by atoms with Crippen LogP contribution in [0, 0.1) is 0 Å². The second-order valence-electron chi connectivity index (χ2n) is 4.44. The maximum atomic E-state index is 10.6. The van der Waals surface area contributed by atoms with Gasteiger partial charge in [0, 0.05) is 11.4 Å². The van der Waals surface area contributed by atoms with Crippen molar-refractivity contribution in [3.8, 4) is 0 Å². The smallest absolute Gasteiger partial charge is 0.222 e. The second-order valence-corrected chi connectivity index (χ2v) is 5.18. The van der Waals surface area contributed by atoms with Gasteiger partial charge in [-0.05, 0) is 47.9 Å². The van der Waals surface area contributed by atoms with E-state index in [0.717, 1.165) is 22.4 Å². The minimum absolute atomic E-state index is 0.560. The van der Waals surface area contributed by atoms with Crippen molar-refractivity contribution in [1.29, 1.82) is 0 Å². The molecular formula is C15H16N2O2S. The van der Waals surface area contributed by atoms with Crippen molar-refractivity contribution in [2.75, 3.05) is 10.5 Å². The fourth-order valence-corrected chi connectivity index (χ4v) is 2.20. The van der Waals surface area contributed by atoms with E-state index in [1.165, 1.54) is 0 Å². The van der Waals surface area contributed by atoms with Gasteiger partial charge in [0.1, 0.15) is 0 Å². The number of nitrogens with one attached hydrogen (secondary N) is 1. The minimum Gasteiger partial charge on any atom is -0.399 e. The SMILES string of the molecule is CC(=Cc1ccc(N)cc1)c1ccc(N[SH](=O)=O)cc1. The Hall–Kier alpha value is -2.27. The minimum atomic E-state index is -2.62. The van der Waals surface area contributed by atoms with Crippen LogP contribution in [0.1, 0.15) is 18.1 Å². The second kappa shape index (κ2) is 6.25. The van der Waals surface area contributed by atoms with E-state index in [4.69, 9.17) is 5.73 Å². The van der Waals surface area contributed by atoms with Crippen LogP contribution in [0.3, 0.4) is 0 Å². The predicted molar refractivity (Wildman–Crippen MR) is 84.8 cm³/mol. The fraction of sp³-hybridized carbons (Fsp3) is 0.0667. The lowest BCUT2D eigenvalue weighted by molar-refractivity contribution is 0.619. The number of hydrogen-bond acceptors (Lipinski definition) is 3. The Bertz CT molecular complexity index is 679. The van der Waals surface area contributed by atoms with E-state index >= 15 is 0 Å². The van der Waals surface area contributed by atoms with Crippen molar-refractivity contribution < 1.29 is 8.42 Å². The molecule has 5 heteroatoms. The first-order valence-electron chi connectivity index (χ1n) is 6.10. The van der Waals surface area contributed by atoms with Crippen LogP contribution in [-0.4, -0.2) is 8.42 Å². The fourth-order valence-electron chi connectivity index (χ4n) is 1.84. The van der Waals surface area contributed by atoms with E-state index < -0.39 is 10.9 Å². The quantitative estimate of drug-likeness (QED) is 0.460. The first-order valence-corrected chi connectivity index (χ1v) is 7.28. The topological polar surface area (TPSA) is 72.2 Å². The van der Waals surface area contributed by atoms with E-state index in [9.17, 15) is 8.42 Å². The zero-order chi connectivity index (χ0) is 14.5. The highest BCUT2D eigenvalue weighted by Crippen LogP contribution is 2.20. The molecule has 0 amide bonds. The van der Waals surface area contributed by atoms with Crippen LogP contribution in [0.25, 0.3) is 11.6 Å². The number of hydrogen-bond donors (Lipinski definition) is 3. The summed E-state index contributed by atoms with van der Waals surface area (Å²) in [5.41, 5.74) is 10.1. The van der Waals surface area contributed by atoms with Gasteiger partial charge in [-0.3, -0.25) is 4.72 Å². The van der Waals surface area contributed by atoms with Gasteiger partial charge in [-0.1, -0.05) is 30.3 Å². The van der Waals surface area contributed by atoms with Crippen molar-refractivity contribution in [3.63, 3.8) is 0 Å². The normalized spacial score (nSPS) is 11.6. The van der Waals surface area contributed by atoms with Crippen LogP contribution < -0.4 is 10.5 Å². The maximum Gasteiger partial charge on any atom is 0.222 e. The van der Waals surface area contributed by atoms with Crippen molar-refractivity contribution in [1.82, 2.24) is 0 Å². The molecule has 2 aromatic rings. The summed E-state index contributed by atoms with van der Waals surface area (Å²) in [5, 5.41) is 0. The number of allylic oxidation sites excluding steroid dienone is 1. The standard InChI is InChI=1S/C15H16N2O2S/c1-11(10-12-2-6-14(16)7-3-12)13-4-8-15(9-5-13)17-20(18)19/h2-10,20H,16H2,1H3,(H,17,18,19). The Labute approximate surface area is 120 Å². The van der Waals surface area contributed by atoms with Crippen molar-refractivity contribution in [3.05, 3.63) is 59.7 Å². The van der Waals surface area contributed by atoms with Gasteiger partial charge in [0.15, 0.2) is 0 Å². The number of anilines is 2. The molecule has 0 spiro atoms. The number of benzene rings is 2. The molecule has 0 unspecified atom stereocenters. The monoisotopic (exact) mass is 288 g/mol. The van der Waals surface area contributed by atoms with Gasteiger partial charge in [-0.2, -0.15) is 0 Å². The van der Waals surface area contributed by atoms with Crippen LogP contribution in [0.4, 0.5) is 11.4 Å². The van der Waals surface area contributed by atoms with Crippen LogP contribution in [-0.2, 0) is 10.9 Å². The van der Waals surface area contributed by atoms with Crippen molar-refractivity contribution in [2.24, 2.45) is 0 Å². The maximum absolute atomic E-state index is 10.6. The van der Waals surface area contributed by atoms with E-state index in [1.54, 1.807) is 12.1 Å². The Balaban J connectivity index is 2.20. The third-order valence-electron chi connectivity index (χ3n) is 2.88. The molecule has 0 aliphatic rings. The highest BCUT2D eigenvalue weighted by Gasteiger charge is 1.98. The van der Waals surface area contributed by atoms with E-state index in [2.05, 4.69) is 10.8 Å². The summed E-state index contributed by atoms with van der Waals surface area (Å²) in [6, 6.07) is 14.9. The number of nitrogen functional groups attached to an aromatic ring is 1. The first-order chi connectivity index (χ1) is 9.54. The van der Waals surface area contributed by atoms with Gasteiger partial charge < -0.3 is 5.73 Å². The van der Waals surface area contributed by atoms with Crippen molar-refractivity contribution in [2.45, 2.75) is 6.92 Å². The average Bonchev–Trinajstić information content (AvgIpc) is 2.41. The summed E-state index contributed by atoms with van der Waals surface area (Å²) in [6.07, 6.45) is 2.05. The van der Waals surface area contributed by atoms with Gasteiger partial charge in [0.05, 0.1) is 0 Å². The lowest BCUT2D eigenvalue weighted by atomic mass is 10.0. The highest BCUT2D eigenvalue weighted by atomic mass is 32.2. The summed E-state index contributed by atoms with van der Waals surface area (Å²) >= 11 is 0. The van der Waals surface area contributed by atoms with Crippen LogP contribution in [0.2, 0.25) is 0 Å². The first kappa shape index (κ1) is 14.1. The zero-order valence-electron chi connectivity index (χ0n) is 11.0. The molecule has 20 heavy (non-hydrogen) atoms. The van der Waals surface area contributed by atoms with Crippen molar-refractivity contribution >= 4 is 33.9 Å². The Morgan fingerprint density at radius 2 is 1.65 bits per heavy atom. The van der Waals surface area contributed by atoms with Crippen LogP contribution in [0.15, 0.2) is 48.5 Å². The molecule has 0 aliphatic heterocycles. The molecule has 2 aromatic carbocycles. The molecule has 0 aliphatic carbocycles. The molecule has 0 heterocycles. The summed E-state index contributed by atoms with van der Waals surface area (Å²) in [7, 11) is -2.62. The van der Waals surface area contributed by atoms with Gasteiger partial charge in [0.2, 0.25) is 10.9 Å². The van der Waals surface area contributed by atoms with Crippen LogP contribution >= 0.6 is 0 Å². The van der Waals surface area contributed by atoms with Gasteiger partial charge in [0.25, 0.3) is 0 Å². The van der Waals surface area contributed by atoms with E-state index in [-0.39, 0.29) is 0 Å².